The highest BCUT2D eigenvalue weighted by Gasteiger charge is 1.93. The van der Waals surface area contributed by atoms with Gasteiger partial charge in [0, 0.05) is 58.3 Å². The van der Waals surface area contributed by atoms with E-state index in [1.54, 1.807) is 59.1 Å². The lowest BCUT2D eigenvalue weighted by atomic mass is 10.2. The van der Waals surface area contributed by atoms with Crippen molar-refractivity contribution in [2.24, 2.45) is 0 Å². The molecular formula is C64H84N4O3S3. The lowest BCUT2D eigenvalue weighted by molar-refractivity contribution is 0.531. The van der Waals surface area contributed by atoms with Crippen LogP contribution in [0, 0.1) is 138 Å². The molecule has 0 aromatic carbocycles. The van der Waals surface area contributed by atoms with Crippen LogP contribution >= 0.6 is 34.0 Å². The maximum Gasteiger partial charge on any atom is 0.103 e. The highest BCUT2D eigenvalue weighted by atomic mass is 32.1. The second-order valence-corrected chi connectivity index (χ2v) is 20.8. The average Bonchev–Trinajstić information content (AvgIpc) is 4.27. The molecule has 74 heavy (non-hydrogen) atoms. The highest BCUT2D eigenvalue weighted by Crippen LogP contribution is 2.14. The number of hydrogen-bond donors (Lipinski definition) is 0. The van der Waals surface area contributed by atoms with Gasteiger partial charge in [0.2, 0.25) is 0 Å². The molecular weight excluding hydrogens is 969 g/mol. The fraction of sp³-hybridized carbons (Fsp3) is 0.312. The third kappa shape index (κ3) is 28.7. The number of thiophene rings is 3. The van der Waals surface area contributed by atoms with Gasteiger partial charge in [0.05, 0.1) is 25.1 Å². The van der Waals surface area contributed by atoms with Gasteiger partial charge in [-0.05, 0) is 286 Å². The van der Waals surface area contributed by atoms with Crippen molar-refractivity contribution in [1.82, 2.24) is 19.9 Å². The van der Waals surface area contributed by atoms with Crippen LogP contribution in [0.25, 0.3) is 0 Å². The molecule has 0 saturated carbocycles. The molecule has 0 aliphatic carbocycles. The Hall–Kier alpha value is -6.46. The minimum Gasteiger partial charge on any atom is -0.472 e. The van der Waals surface area contributed by atoms with Crippen LogP contribution in [0.2, 0.25) is 0 Å². The minimum absolute atomic E-state index is 1.01. The zero-order valence-electron chi connectivity index (χ0n) is 48.1. The van der Waals surface area contributed by atoms with Crippen molar-refractivity contribution in [1.29, 1.82) is 0 Å². The molecule has 10 heterocycles. The maximum absolute atomic E-state index is 4.96. The predicted octanol–water partition coefficient (Wildman–Crippen LogP) is 19.6. The highest BCUT2D eigenvalue weighted by molar-refractivity contribution is 7.10. The summed E-state index contributed by atoms with van der Waals surface area (Å²) in [5, 5.41) is 8.56. The van der Waals surface area contributed by atoms with E-state index in [9.17, 15) is 0 Å². The Morgan fingerprint density at radius 3 is 0.851 bits per heavy atom. The summed E-state index contributed by atoms with van der Waals surface area (Å²) in [5.41, 5.74) is 20.4. The van der Waals surface area contributed by atoms with Gasteiger partial charge in [-0.15, -0.1) is 22.7 Å². The molecule has 10 rings (SSSR count). The van der Waals surface area contributed by atoms with Crippen LogP contribution < -0.4 is 0 Å². The maximum atomic E-state index is 4.96. The summed E-state index contributed by atoms with van der Waals surface area (Å²) in [6.45, 7) is 41.2. The number of hydrogen-bond acceptors (Lipinski definition) is 10. The molecule has 10 heteroatoms. The SMILES string of the molecule is Cc1cccnc1C.Cc1cccnc1C.Cc1ccncc1C.Cc1ccncc1C.Cc1ccoc1C.Cc1ccoc1C.Cc1ccsc1C.Cc1ccsc1C.Cc1cocc1C.Cc1cscc1C. The fourth-order valence-corrected chi connectivity index (χ4v) is 7.17. The first-order valence-corrected chi connectivity index (χ1v) is 27.3. The Kier molecular flexibility index (Phi) is 33.0. The monoisotopic (exact) mass is 1050 g/mol. The van der Waals surface area contributed by atoms with Gasteiger partial charge >= 0.3 is 0 Å². The Morgan fingerprint density at radius 2 is 0.716 bits per heavy atom. The van der Waals surface area contributed by atoms with Crippen LogP contribution in [-0.4, -0.2) is 19.9 Å². The van der Waals surface area contributed by atoms with Crippen LogP contribution in [0.1, 0.15) is 111 Å². The Morgan fingerprint density at radius 1 is 0.338 bits per heavy atom. The third-order valence-corrected chi connectivity index (χ3v) is 14.7. The molecule has 7 nitrogen and oxygen atoms in total. The molecule has 0 N–H and O–H groups in total. The van der Waals surface area contributed by atoms with E-state index in [-0.39, 0.29) is 0 Å². The Bertz CT molecular complexity index is 2350. The van der Waals surface area contributed by atoms with E-state index >= 15 is 0 Å². The van der Waals surface area contributed by atoms with Crippen molar-refractivity contribution in [2.75, 3.05) is 0 Å². The summed E-state index contributed by atoms with van der Waals surface area (Å²) in [4.78, 5) is 18.9. The Balaban J connectivity index is 0.000000411. The van der Waals surface area contributed by atoms with Gasteiger partial charge < -0.3 is 13.3 Å². The van der Waals surface area contributed by atoms with Gasteiger partial charge in [-0.2, -0.15) is 11.3 Å². The molecule has 0 amide bonds. The van der Waals surface area contributed by atoms with Crippen LogP contribution in [0.3, 0.4) is 0 Å². The summed E-state index contributed by atoms with van der Waals surface area (Å²) < 4.78 is 14.8. The molecule has 0 aliphatic heterocycles. The van der Waals surface area contributed by atoms with Crippen LogP contribution in [0.4, 0.5) is 0 Å². The first kappa shape index (κ1) is 65.6. The van der Waals surface area contributed by atoms with Gasteiger partial charge in [0.25, 0.3) is 0 Å². The van der Waals surface area contributed by atoms with Crippen LogP contribution in [-0.2, 0) is 0 Å². The van der Waals surface area contributed by atoms with Gasteiger partial charge in [-0.3, -0.25) is 19.9 Å². The summed E-state index contributed by atoms with van der Waals surface area (Å²) in [5.74, 6) is 2.03. The molecule has 10 aromatic rings. The third-order valence-electron chi connectivity index (χ3n) is 11.8. The van der Waals surface area contributed by atoms with E-state index in [2.05, 4.69) is 149 Å². The largest absolute Gasteiger partial charge is 0.472 e. The van der Waals surface area contributed by atoms with Crippen molar-refractivity contribution in [3.05, 3.63) is 255 Å². The molecule has 396 valence electrons. The van der Waals surface area contributed by atoms with E-state index in [1.165, 1.54) is 87.6 Å². The summed E-state index contributed by atoms with van der Waals surface area (Å²) >= 11 is 5.37. The first-order valence-electron chi connectivity index (χ1n) is 24.6. The molecule has 0 aliphatic rings. The van der Waals surface area contributed by atoms with Gasteiger partial charge in [-0.1, -0.05) is 12.1 Å². The number of aromatic nitrogens is 4. The van der Waals surface area contributed by atoms with E-state index < -0.39 is 0 Å². The topological polar surface area (TPSA) is 91.0 Å². The van der Waals surface area contributed by atoms with Crippen molar-refractivity contribution in [3.8, 4) is 0 Å². The molecule has 0 radical (unpaired) electrons. The van der Waals surface area contributed by atoms with E-state index in [4.69, 9.17) is 13.3 Å². The molecule has 0 bridgehead atoms. The van der Waals surface area contributed by atoms with Gasteiger partial charge in [-0.25, -0.2) is 0 Å². The Labute approximate surface area is 457 Å². The van der Waals surface area contributed by atoms with Crippen LogP contribution in [0.15, 0.2) is 158 Å². The lowest BCUT2D eigenvalue weighted by Gasteiger charge is -1.92. The quantitative estimate of drug-likeness (QED) is 0.149. The summed E-state index contributed by atoms with van der Waals surface area (Å²) in [6, 6.07) is 20.2. The molecule has 0 saturated heterocycles. The van der Waals surface area contributed by atoms with Crippen LogP contribution in [0.5, 0.6) is 0 Å². The van der Waals surface area contributed by atoms with Crippen molar-refractivity contribution in [2.45, 2.75) is 138 Å². The van der Waals surface area contributed by atoms with Crippen molar-refractivity contribution < 1.29 is 13.3 Å². The molecule has 0 unspecified atom stereocenters. The smallest absolute Gasteiger partial charge is 0.103 e. The normalized spacial score (nSPS) is 9.35. The number of furan rings is 3. The number of pyridine rings is 4. The number of aryl methyl sites for hydroxylation is 20. The zero-order valence-corrected chi connectivity index (χ0v) is 50.5. The van der Waals surface area contributed by atoms with E-state index in [0.717, 1.165) is 22.9 Å². The molecule has 0 spiro atoms. The second kappa shape index (κ2) is 37.3. The fourth-order valence-electron chi connectivity index (χ4n) is 4.86. The molecule has 0 atom stereocenters. The first-order chi connectivity index (χ1) is 35.0. The number of rotatable bonds is 0. The van der Waals surface area contributed by atoms with Gasteiger partial charge in [0.15, 0.2) is 0 Å². The van der Waals surface area contributed by atoms with E-state index in [1.807, 2.05) is 129 Å². The van der Waals surface area contributed by atoms with Gasteiger partial charge in [0.1, 0.15) is 11.5 Å². The van der Waals surface area contributed by atoms with E-state index in [0.29, 0.717) is 0 Å². The molecule has 10 aromatic heterocycles. The zero-order chi connectivity index (χ0) is 55.6. The summed E-state index contributed by atoms with van der Waals surface area (Å²) in [7, 11) is 0. The van der Waals surface area contributed by atoms with Crippen molar-refractivity contribution >= 4 is 34.0 Å². The van der Waals surface area contributed by atoms with Crippen molar-refractivity contribution in [3.63, 3.8) is 0 Å². The molecule has 0 fully saturated rings. The predicted molar refractivity (Wildman–Crippen MR) is 321 cm³/mol. The lowest BCUT2D eigenvalue weighted by Crippen LogP contribution is -1.81. The average molecular weight is 1050 g/mol. The second-order valence-electron chi connectivity index (χ2n) is 17.8. The number of nitrogens with zero attached hydrogens (tertiary/aromatic N) is 4. The minimum atomic E-state index is 1.01. The standard InChI is InChI=1S/4C7H9N.3C6H8O.3C6H8S/c2*1-6-3-4-8-5-7(6)2;2*1-6-4-3-5-8-7(6)2;1-5-3-7-4-6(5)2;2*1-5-3-4-7-6(5)2;1-5-3-7-4-6(5)2;2*1-5-3-4-7-6(5)2/h4*3-5H,1-2H3;6*3-4H,1-2H3. The summed E-state index contributed by atoms with van der Waals surface area (Å²) in [6.07, 6.45) is 17.9.